The van der Waals surface area contributed by atoms with E-state index in [1.165, 1.54) is 0 Å². The monoisotopic (exact) mass is 288 g/mol. The van der Waals surface area contributed by atoms with E-state index in [-0.39, 0.29) is 12.5 Å². The minimum Gasteiger partial charge on any atom is -0.481 e. The molecule has 0 aromatic carbocycles. The van der Waals surface area contributed by atoms with Gasteiger partial charge in [-0.1, -0.05) is 0 Å². The van der Waals surface area contributed by atoms with Crippen molar-refractivity contribution in [3.8, 4) is 0 Å². The van der Waals surface area contributed by atoms with Crippen molar-refractivity contribution in [1.82, 2.24) is 14.6 Å². The summed E-state index contributed by atoms with van der Waals surface area (Å²) in [5, 5.41) is 13.2. The maximum Gasteiger partial charge on any atom is 0.303 e. The third-order valence-electron chi connectivity index (χ3n) is 4.12. The number of aliphatic carboxylic acids is 1. The van der Waals surface area contributed by atoms with Crippen molar-refractivity contribution in [2.45, 2.75) is 45.1 Å². The number of aryl methyl sites for hydroxylation is 1. The third-order valence-corrected chi connectivity index (χ3v) is 4.12. The van der Waals surface area contributed by atoms with Crippen molar-refractivity contribution in [2.24, 2.45) is 0 Å². The van der Waals surface area contributed by atoms with E-state index in [9.17, 15) is 4.79 Å². The van der Waals surface area contributed by atoms with E-state index >= 15 is 0 Å². The van der Waals surface area contributed by atoms with E-state index in [2.05, 4.69) is 21.0 Å². The summed E-state index contributed by atoms with van der Waals surface area (Å²) < 4.78 is 1.85. The van der Waals surface area contributed by atoms with Gasteiger partial charge in [0.05, 0.1) is 0 Å². The van der Waals surface area contributed by atoms with E-state index in [0.717, 1.165) is 42.8 Å². The maximum absolute atomic E-state index is 10.9. The molecule has 2 aromatic heterocycles. The molecule has 21 heavy (non-hydrogen) atoms. The van der Waals surface area contributed by atoms with Crippen molar-refractivity contribution in [2.75, 3.05) is 11.4 Å². The second kappa shape index (κ2) is 5.71. The van der Waals surface area contributed by atoms with Crippen LogP contribution in [0.3, 0.4) is 0 Å². The number of carbonyl (C=O) groups is 1. The average molecular weight is 288 g/mol. The molecule has 1 N–H and O–H groups in total. The number of piperidine rings is 1. The molecule has 3 rings (SSSR count). The molecule has 0 bridgehead atoms. The van der Waals surface area contributed by atoms with Crippen LogP contribution in [-0.4, -0.2) is 38.3 Å². The number of carboxylic acid groups (broad SMARTS) is 1. The molecule has 6 heteroatoms. The highest BCUT2D eigenvalue weighted by molar-refractivity contribution is 5.66. The van der Waals surface area contributed by atoms with Crippen LogP contribution in [-0.2, 0) is 4.79 Å². The summed E-state index contributed by atoms with van der Waals surface area (Å²) in [6.07, 6.45) is 5.79. The van der Waals surface area contributed by atoms with E-state index < -0.39 is 5.97 Å². The zero-order valence-electron chi connectivity index (χ0n) is 12.2. The van der Waals surface area contributed by atoms with Gasteiger partial charge in [-0.05, 0) is 50.3 Å². The van der Waals surface area contributed by atoms with E-state index in [0.29, 0.717) is 6.42 Å². The van der Waals surface area contributed by atoms with Gasteiger partial charge in [0, 0.05) is 19.0 Å². The molecule has 2 aromatic rings. The molecular weight excluding hydrogens is 268 g/mol. The Labute approximate surface area is 123 Å². The predicted molar refractivity (Wildman–Crippen MR) is 79.6 cm³/mol. The van der Waals surface area contributed by atoms with Gasteiger partial charge in [-0.15, -0.1) is 0 Å². The third kappa shape index (κ3) is 2.84. The van der Waals surface area contributed by atoms with E-state index in [1.54, 1.807) is 6.33 Å². The zero-order valence-corrected chi connectivity index (χ0v) is 12.2. The molecule has 0 radical (unpaired) electrons. The molecule has 0 amide bonds. The van der Waals surface area contributed by atoms with Crippen molar-refractivity contribution in [1.29, 1.82) is 0 Å². The second-order valence-electron chi connectivity index (χ2n) is 5.70. The van der Waals surface area contributed by atoms with Crippen LogP contribution < -0.4 is 4.90 Å². The van der Waals surface area contributed by atoms with E-state index in [4.69, 9.17) is 5.11 Å². The number of carboxylic acids is 1. The molecule has 1 fully saturated rings. The van der Waals surface area contributed by atoms with Crippen LogP contribution >= 0.6 is 0 Å². The summed E-state index contributed by atoms with van der Waals surface area (Å²) in [7, 11) is 0. The first-order valence-electron chi connectivity index (χ1n) is 7.44. The molecule has 1 saturated heterocycles. The second-order valence-corrected chi connectivity index (χ2v) is 5.70. The molecule has 1 aliphatic rings. The van der Waals surface area contributed by atoms with Gasteiger partial charge in [-0.25, -0.2) is 4.98 Å². The Morgan fingerprint density at radius 1 is 1.43 bits per heavy atom. The smallest absolute Gasteiger partial charge is 0.303 e. The quantitative estimate of drug-likeness (QED) is 0.934. The predicted octanol–water partition coefficient (Wildman–Crippen LogP) is 2.26. The molecule has 0 saturated carbocycles. The first kappa shape index (κ1) is 13.9. The summed E-state index contributed by atoms with van der Waals surface area (Å²) in [6, 6.07) is 4.39. The van der Waals surface area contributed by atoms with Crippen molar-refractivity contribution in [3.63, 3.8) is 0 Å². The number of fused-ring (bicyclic) bond motifs is 1. The standard InChI is InChI=1S/C15H20N4O2/c1-11-8-13-16-10-17-19(13)14(9-11)18-7-3-2-4-12(18)5-6-15(20)21/h8-10,12H,2-7H2,1H3,(H,20,21). The molecule has 6 nitrogen and oxygen atoms in total. The maximum atomic E-state index is 10.9. The highest BCUT2D eigenvalue weighted by Crippen LogP contribution is 2.28. The largest absolute Gasteiger partial charge is 0.481 e. The Morgan fingerprint density at radius 3 is 3.10 bits per heavy atom. The Balaban J connectivity index is 1.94. The first-order valence-corrected chi connectivity index (χ1v) is 7.44. The van der Waals surface area contributed by atoms with Crippen molar-refractivity contribution in [3.05, 3.63) is 24.0 Å². The van der Waals surface area contributed by atoms with Crippen LogP contribution in [0.4, 0.5) is 5.82 Å². The SMILES string of the molecule is Cc1cc(N2CCCCC2CCC(=O)O)n2ncnc2c1. The summed E-state index contributed by atoms with van der Waals surface area (Å²) in [4.78, 5) is 17.4. The summed E-state index contributed by atoms with van der Waals surface area (Å²) in [6.45, 7) is 3.00. The number of rotatable bonds is 4. The Morgan fingerprint density at radius 2 is 2.29 bits per heavy atom. The molecule has 1 atom stereocenters. The van der Waals surface area contributed by atoms with Gasteiger partial charge in [0.25, 0.3) is 0 Å². The molecule has 1 unspecified atom stereocenters. The molecule has 112 valence electrons. The van der Waals surface area contributed by atoms with Gasteiger partial charge in [0.2, 0.25) is 0 Å². The van der Waals surface area contributed by atoms with Crippen LogP contribution in [0.2, 0.25) is 0 Å². The fraction of sp³-hybridized carbons (Fsp3) is 0.533. The van der Waals surface area contributed by atoms with Gasteiger partial charge < -0.3 is 10.0 Å². The number of pyridine rings is 1. The number of hydrogen-bond acceptors (Lipinski definition) is 4. The zero-order chi connectivity index (χ0) is 14.8. The molecule has 3 heterocycles. The van der Waals surface area contributed by atoms with Gasteiger partial charge >= 0.3 is 5.97 Å². The van der Waals surface area contributed by atoms with Crippen molar-refractivity contribution >= 4 is 17.4 Å². The highest BCUT2D eigenvalue weighted by Gasteiger charge is 2.25. The first-order chi connectivity index (χ1) is 10.1. The fourth-order valence-corrected chi connectivity index (χ4v) is 3.13. The summed E-state index contributed by atoms with van der Waals surface area (Å²) >= 11 is 0. The van der Waals surface area contributed by atoms with Crippen molar-refractivity contribution < 1.29 is 9.90 Å². The summed E-state index contributed by atoms with van der Waals surface area (Å²) in [5.74, 6) is 0.299. The van der Waals surface area contributed by atoms with Crippen LogP contribution in [0.15, 0.2) is 18.5 Å². The minimum atomic E-state index is -0.726. The lowest BCUT2D eigenvalue weighted by Gasteiger charge is -2.37. The fourth-order valence-electron chi connectivity index (χ4n) is 3.13. The van der Waals surface area contributed by atoms with Crippen LogP contribution in [0.25, 0.3) is 5.65 Å². The van der Waals surface area contributed by atoms with Gasteiger partial charge in [0.1, 0.15) is 12.1 Å². The lowest BCUT2D eigenvalue weighted by molar-refractivity contribution is -0.137. The summed E-state index contributed by atoms with van der Waals surface area (Å²) in [5.41, 5.74) is 1.99. The van der Waals surface area contributed by atoms with Crippen LogP contribution in [0.1, 0.15) is 37.7 Å². The number of hydrogen-bond donors (Lipinski definition) is 1. The normalized spacial score (nSPS) is 19.1. The van der Waals surface area contributed by atoms with E-state index in [1.807, 2.05) is 17.5 Å². The number of anilines is 1. The Kier molecular flexibility index (Phi) is 3.77. The Bertz CT molecular complexity index is 652. The Hall–Kier alpha value is -2.11. The van der Waals surface area contributed by atoms with Crippen LogP contribution in [0.5, 0.6) is 0 Å². The number of aromatic nitrogens is 3. The van der Waals surface area contributed by atoms with Crippen LogP contribution in [0, 0.1) is 6.92 Å². The van der Waals surface area contributed by atoms with Gasteiger partial charge in [-0.2, -0.15) is 9.61 Å². The lowest BCUT2D eigenvalue weighted by atomic mass is 9.98. The van der Waals surface area contributed by atoms with Gasteiger partial charge in [-0.3, -0.25) is 4.79 Å². The average Bonchev–Trinajstić information content (AvgIpc) is 2.92. The molecule has 0 aliphatic carbocycles. The topological polar surface area (TPSA) is 70.7 Å². The lowest BCUT2D eigenvalue weighted by Crippen LogP contribution is -2.41. The number of nitrogens with zero attached hydrogens (tertiary/aromatic N) is 4. The minimum absolute atomic E-state index is 0.216. The molecular formula is C15H20N4O2. The highest BCUT2D eigenvalue weighted by atomic mass is 16.4. The van der Waals surface area contributed by atoms with Gasteiger partial charge in [0.15, 0.2) is 5.65 Å². The molecule has 1 aliphatic heterocycles. The molecule has 0 spiro atoms.